The van der Waals surface area contributed by atoms with E-state index in [0.29, 0.717) is 0 Å². The zero-order chi connectivity index (χ0) is 50.6. The fraction of sp³-hybridized carbons (Fsp3) is 0. The smallest absolute Gasteiger partial charge is 0.252 e. The average Bonchev–Trinajstić information content (AvgIpc) is 3.54. The summed E-state index contributed by atoms with van der Waals surface area (Å²) in [6.07, 6.45) is 0. The van der Waals surface area contributed by atoms with Gasteiger partial charge in [-0.2, -0.15) is 0 Å². The van der Waals surface area contributed by atoms with Crippen molar-refractivity contribution in [2.24, 2.45) is 0 Å². The van der Waals surface area contributed by atoms with Gasteiger partial charge in [-0.3, -0.25) is 0 Å². The van der Waals surface area contributed by atoms with Gasteiger partial charge in [0.1, 0.15) is 0 Å². The molecule has 3 nitrogen and oxygen atoms in total. The number of benzene rings is 12. The number of hydrogen-bond donors (Lipinski definition) is 1. The van der Waals surface area contributed by atoms with Crippen LogP contribution < -0.4 is 47.9 Å². The lowest BCUT2D eigenvalue weighted by Crippen LogP contribution is -2.68. The first-order valence-corrected chi connectivity index (χ1v) is 26.8. The summed E-state index contributed by atoms with van der Waals surface area (Å²) in [5.74, 6) is 0. The third kappa shape index (κ3) is 6.80. The van der Waals surface area contributed by atoms with E-state index in [9.17, 15) is 0 Å². The fourth-order valence-corrected chi connectivity index (χ4v) is 13.2. The molecule has 0 spiro atoms. The zero-order valence-corrected chi connectivity index (χ0v) is 42.1. The summed E-state index contributed by atoms with van der Waals surface area (Å²) in [6, 6.07) is 104. The van der Waals surface area contributed by atoms with Crippen molar-refractivity contribution in [3.63, 3.8) is 0 Å². The number of hydrogen-bond acceptors (Lipinski definition) is 3. The van der Waals surface area contributed by atoms with Gasteiger partial charge < -0.3 is 15.1 Å². The highest BCUT2D eigenvalue weighted by atomic mass is 15.2. The second kappa shape index (κ2) is 17.4. The van der Waals surface area contributed by atoms with Crippen LogP contribution in [0.2, 0.25) is 0 Å². The maximum Gasteiger partial charge on any atom is 0.252 e. The molecule has 12 aromatic carbocycles. The van der Waals surface area contributed by atoms with Crippen molar-refractivity contribution in [1.82, 2.24) is 0 Å². The molecule has 0 saturated heterocycles. The number of anilines is 8. The number of fused-ring (bicyclic) bond motifs is 10. The second-order valence-electron chi connectivity index (χ2n) is 20.8. The average molecular weight is 976 g/mol. The molecule has 77 heavy (non-hydrogen) atoms. The van der Waals surface area contributed by atoms with Crippen LogP contribution in [0.4, 0.5) is 45.5 Å². The number of nitrogens with one attached hydrogen (secondary N) is 1. The van der Waals surface area contributed by atoms with E-state index in [2.05, 4.69) is 294 Å². The van der Waals surface area contributed by atoms with Crippen molar-refractivity contribution in [3.8, 4) is 66.8 Å². The highest BCUT2D eigenvalue weighted by Crippen LogP contribution is 2.52. The van der Waals surface area contributed by atoms with Crippen molar-refractivity contribution in [2.75, 3.05) is 15.1 Å². The Labute approximate surface area is 450 Å². The first-order valence-electron chi connectivity index (χ1n) is 26.8. The quantitative estimate of drug-likeness (QED) is 0.161. The molecule has 0 unspecified atom stereocenters. The third-order valence-corrected chi connectivity index (χ3v) is 16.6. The maximum atomic E-state index is 4.17. The summed E-state index contributed by atoms with van der Waals surface area (Å²) >= 11 is 0. The van der Waals surface area contributed by atoms with Crippen LogP contribution in [0.25, 0.3) is 66.8 Å². The monoisotopic (exact) mass is 975 g/mol. The van der Waals surface area contributed by atoms with Gasteiger partial charge in [-0.1, -0.05) is 249 Å². The zero-order valence-electron chi connectivity index (χ0n) is 42.1. The van der Waals surface area contributed by atoms with Crippen molar-refractivity contribution < 1.29 is 0 Å². The molecule has 0 radical (unpaired) electrons. The van der Waals surface area contributed by atoms with Crippen molar-refractivity contribution in [1.29, 1.82) is 0 Å². The molecular formula is C72H47B2N3. The minimum atomic E-state index is -0.123. The van der Waals surface area contributed by atoms with E-state index >= 15 is 0 Å². The highest BCUT2D eigenvalue weighted by Gasteiger charge is 2.51. The molecule has 4 aliphatic rings. The molecular weight excluding hydrogens is 928 g/mol. The van der Waals surface area contributed by atoms with Crippen LogP contribution in [0.3, 0.4) is 0 Å². The number of rotatable bonds is 7. The van der Waals surface area contributed by atoms with E-state index in [1.54, 1.807) is 0 Å². The van der Waals surface area contributed by atoms with E-state index in [1.165, 1.54) is 128 Å². The van der Waals surface area contributed by atoms with Gasteiger partial charge in [0.25, 0.3) is 13.4 Å². The highest BCUT2D eigenvalue weighted by molar-refractivity contribution is 7.05. The Bertz CT molecular complexity index is 4230. The summed E-state index contributed by atoms with van der Waals surface area (Å²) in [7, 11) is 0. The van der Waals surface area contributed by atoms with E-state index in [1.807, 2.05) is 0 Å². The minimum absolute atomic E-state index is 0.0760. The van der Waals surface area contributed by atoms with E-state index < -0.39 is 0 Å². The lowest BCUT2D eigenvalue weighted by atomic mass is 9.28. The molecule has 0 bridgehead atoms. The molecule has 0 saturated carbocycles. The largest absolute Gasteiger partial charge is 0.356 e. The summed E-state index contributed by atoms with van der Waals surface area (Å²) in [5.41, 5.74) is 31.5. The molecule has 12 aromatic rings. The van der Waals surface area contributed by atoms with Crippen LogP contribution in [0, 0.1) is 0 Å². The van der Waals surface area contributed by atoms with Gasteiger partial charge in [0, 0.05) is 50.9 Å². The van der Waals surface area contributed by atoms with Crippen LogP contribution in [0.15, 0.2) is 279 Å². The van der Waals surface area contributed by atoms with Crippen LogP contribution in [0.1, 0.15) is 0 Å². The molecule has 4 aliphatic heterocycles. The summed E-state index contributed by atoms with van der Waals surface area (Å²) in [5, 5.41) is 4.17. The molecule has 0 atom stereocenters. The van der Waals surface area contributed by atoms with Gasteiger partial charge in [-0.25, -0.2) is 0 Å². The Morgan fingerprint density at radius 1 is 0.234 bits per heavy atom. The van der Waals surface area contributed by atoms with Crippen LogP contribution in [-0.2, 0) is 0 Å². The van der Waals surface area contributed by atoms with Gasteiger partial charge in [-0.15, -0.1) is 0 Å². The Morgan fingerprint density at radius 2 is 0.584 bits per heavy atom. The molecule has 0 aliphatic carbocycles. The minimum Gasteiger partial charge on any atom is -0.356 e. The first-order chi connectivity index (χ1) is 38.2. The predicted molar refractivity (Wildman–Crippen MR) is 327 cm³/mol. The summed E-state index contributed by atoms with van der Waals surface area (Å²) < 4.78 is 0. The molecule has 0 fully saturated rings. The van der Waals surface area contributed by atoms with Crippen LogP contribution >= 0.6 is 0 Å². The van der Waals surface area contributed by atoms with Gasteiger partial charge in [0.2, 0.25) is 0 Å². The third-order valence-electron chi connectivity index (χ3n) is 16.6. The lowest BCUT2D eigenvalue weighted by Gasteiger charge is -2.50. The fourth-order valence-electron chi connectivity index (χ4n) is 13.2. The molecule has 4 heterocycles. The Morgan fingerprint density at radius 3 is 1.00 bits per heavy atom. The number of para-hydroxylation sites is 1. The SMILES string of the molecule is c1ccc(-c2ccc3c(c2)B2c4cc(-c5ccccc5)ccc4N4c5ccc(-c6ccccc6)cc5B5c6cc(-c7ccccc7)ccc6N(c6c(-c7ccccc7)cccc6-c6ccccc6)c6cc(c2c4c65)N3)cc1. The van der Waals surface area contributed by atoms with Crippen LogP contribution in [-0.4, -0.2) is 13.4 Å². The lowest BCUT2D eigenvalue weighted by molar-refractivity contribution is 1.26. The molecule has 1 N–H and O–H groups in total. The predicted octanol–water partition coefficient (Wildman–Crippen LogP) is 14.7. The molecule has 5 heteroatoms. The van der Waals surface area contributed by atoms with Gasteiger partial charge in [0.15, 0.2) is 0 Å². The summed E-state index contributed by atoms with van der Waals surface area (Å²) in [4.78, 5) is 5.29. The second-order valence-corrected chi connectivity index (χ2v) is 20.8. The first kappa shape index (κ1) is 43.6. The topological polar surface area (TPSA) is 18.5 Å². The van der Waals surface area contributed by atoms with Gasteiger partial charge >= 0.3 is 0 Å². The maximum absolute atomic E-state index is 4.17. The summed E-state index contributed by atoms with van der Waals surface area (Å²) in [6.45, 7) is -0.199. The Hall–Kier alpha value is -9.83. The van der Waals surface area contributed by atoms with Crippen molar-refractivity contribution in [3.05, 3.63) is 279 Å². The normalized spacial score (nSPS) is 12.9. The molecule has 0 aromatic heterocycles. The molecule has 0 amide bonds. The van der Waals surface area contributed by atoms with E-state index in [4.69, 9.17) is 0 Å². The van der Waals surface area contributed by atoms with Gasteiger partial charge in [0.05, 0.1) is 5.69 Å². The van der Waals surface area contributed by atoms with Crippen molar-refractivity contribution >= 4 is 91.7 Å². The van der Waals surface area contributed by atoms with Gasteiger partial charge in [-0.05, 0) is 119 Å². The molecule has 16 rings (SSSR count). The van der Waals surface area contributed by atoms with Crippen LogP contribution in [0.5, 0.6) is 0 Å². The Kier molecular flexibility index (Phi) is 9.83. The van der Waals surface area contributed by atoms with E-state index in [0.717, 1.165) is 17.1 Å². The van der Waals surface area contributed by atoms with Crippen molar-refractivity contribution in [2.45, 2.75) is 0 Å². The number of nitrogens with zero attached hydrogens (tertiary/aromatic N) is 2. The standard InChI is InChI=1S/C72H47B2N3/c1-7-20-47(21-8-1)53-34-38-63-59(42-53)73-60-43-54(48-22-9-2-10-23-48)35-39-65(60)76-66-40-36-55(49-24-11-3-12-25-49)44-61(66)74-62-45-56(50-26-13-4-14-27-50)37-41-67(62)77(68-46-64(75-63)69(73)72(76)70(68)74)71-57(51-28-15-5-16-29-51)32-19-33-58(71)52-30-17-6-18-31-52/h1-46,75H. The Balaban J connectivity index is 1.06. The molecule has 356 valence electrons. The van der Waals surface area contributed by atoms with E-state index in [-0.39, 0.29) is 13.4 Å².